The molecule has 1 atom stereocenters. The van der Waals surface area contributed by atoms with E-state index in [9.17, 15) is 13.2 Å². The van der Waals surface area contributed by atoms with Gasteiger partial charge in [-0.25, -0.2) is 8.42 Å². The van der Waals surface area contributed by atoms with Crippen LogP contribution in [0.5, 0.6) is 0 Å². The standard InChI is InChI=1S/C16H25N3O3S.ClH/c1-4-19(5-2)23(21,22)14-7-6-12(3)15(10-14)16(20)18-13-8-9-17-11-13;/h6-7,10,13,17H,4-5,8-9,11H2,1-3H3,(H,18,20);1H. The summed E-state index contributed by atoms with van der Waals surface area (Å²) in [5, 5.41) is 6.15. The zero-order valence-corrected chi connectivity index (χ0v) is 16.0. The summed E-state index contributed by atoms with van der Waals surface area (Å²) in [6, 6.07) is 4.85. The second-order valence-corrected chi connectivity index (χ2v) is 7.67. The average Bonchev–Trinajstić information content (AvgIpc) is 3.01. The number of hydrogen-bond donors (Lipinski definition) is 2. The Bertz CT molecular complexity index is 669. The van der Waals surface area contributed by atoms with Crippen molar-refractivity contribution in [3.05, 3.63) is 29.3 Å². The SMILES string of the molecule is CCN(CC)S(=O)(=O)c1ccc(C)c(C(=O)NC2CCNC2)c1.Cl. The number of nitrogens with zero attached hydrogens (tertiary/aromatic N) is 1. The van der Waals surface area contributed by atoms with Crippen LogP contribution in [0.3, 0.4) is 0 Å². The van der Waals surface area contributed by atoms with Crippen molar-refractivity contribution in [2.45, 2.75) is 38.1 Å². The number of halogens is 1. The van der Waals surface area contributed by atoms with Gasteiger partial charge in [0.15, 0.2) is 0 Å². The Labute approximate surface area is 150 Å². The number of carbonyl (C=O) groups is 1. The van der Waals surface area contributed by atoms with E-state index in [4.69, 9.17) is 0 Å². The van der Waals surface area contributed by atoms with E-state index in [1.807, 2.05) is 6.92 Å². The van der Waals surface area contributed by atoms with Gasteiger partial charge in [0.05, 0.1) is 4.90 Å². The van der Waals surface area contributed by atoms with Crippen molar-refractivity contribution in [1.82, 2.24) is 14.9 Å². The summed E-state index contributed by atoms with van der Waals surface area (Å²) in [5.74, 6) is -0.215. The number of rotatable bonds is 6. The predicted molar refractivity (Wildman–Crippen MR) is 97.3 cm³/mol. The summed E-state index contributed by atoms with van der Waals surface area (Å²) in [7, 11) is -3.56. The highest BCUT2D eigenvalue weighted by molar-refractivity contribution is 7.89. The summed E-state index contributed by atoms with van der Waals surface area (Å²) in [4.78, 5) is 12.6. The molecule has 0 aromatic heterocycles. The molecule has 0 bridgehead atoms. The second kappa shape index (κ2) is 8.80. The van der Waals surface area contributed by atoms with Crippen molar-refractivity contribution in [3.8, 4) is 0 Å². The molecule has 1 aromatic rings. The first kappa shape index (κ1) is 20.9. The molecule has 1 heterocycles. The Kier molecular flexibility index (Phi) is 7.66. The number of sulfonamides is 1. The van der Waals surface area contributed by atoms with Gasteiger partial charge < -0.3 is 10.6 Å². The lowest BCUT2D eigenvalue weighted by Gasteiger charge is -2.19. The van der Waals surface area contributed by atoms with Crippen LogP contribution in [0, 0.1) is 6.92 Å². The zero-order chi connectivity index (χ0) is 17.0. The Balaban J connectivity index is 0.00000288. The molecular formula is C16H26ClN3O3S. The number of carbonyl (C=O) groups excluding carboxylic acids is 1. The van der Waals surface area contributed by atoms with E-state index in [2.05, 4.69) is 10.6 Å². The van der Waals surface area contributed by atoms with Crippen molar-refractivity contribution < 1.29 is 13.2 Å². The maximum atomic E-state index is 12.6. The predicted octanol–water partition coefficient (Wildman–Crippen LogP) is 1.54. The summed E-state index contributed by atoms with van der Waals surface area (Å²) in [5.41, 5.74) is 1.19. The normalized spacial score (nSPS) is 17.6. The van der Waals surface area contributed by atoms with Crippen molar-refractivity contribution in [3.63, 3.8) is 0 Å². The Morgan fingerprint density at radius 3 is 2.54 bits per heavy atom. The van der Waals surface area contributed by atoms with Gasteiger partial charge in [-0.3, -0.25) is 4.79 Å². The minimum atomic E-state index is -3.56. The molecular weight excluding hydrogens is 350 g/mol. The van der Waals surface area contributed by atoms with E-state index in [-0.39, 0.29) is 29.3 Å². The van der Waals surface area contributed by atoms with Crippen LogP contribution in [0.4, 0.5) is 0 Å². The van der Waals surface area contributed by atoms with Gasteiger partial charge in [-0.2, -0.15) is 4.31 Å². The summed E-state index contributed by atoms with van der Waals surface area (Å²) in [6.07, 6.45) is 0.891. The first-order valence-electron chi connectivity index (χ1n) is 8.02. The van der Waals surface area contributed by atoms with E-state index in [0.717, 1.165) is 25.1 Å². The first-order valence-corrected chi connectivity index (χ1v) is 9.46. The van der Waals surface area contributed by atoms with Crippen LogP contribution < -0.4 is 10.6 Å². The van der Waals surface area contributed by atoms with Crippen LogP contribution in [-0.2, 0) is 10.0 Å². The molecule has 8 heteroatoms. The number of hydrogen-bond acceptors (Lipinski definition) is 4. The van der Waals surface area contributed by atoms with Crippen molar-refractivity contribution in [1.29, 1.82) is 0 Å². The highest BCUT2D eigenvalue weighted by atomic mass is 35.5. The summed E-state index contributed by atoms with van der Waals surface area (Å²) >= 11 is 0. The third-order valence-corrected chi connectivity index (χ3v) is 6.24. The molecule has 2 N–H and O–H groups in total. The minimum absolute atomic E-state index is 0. The van der Waals surface area contributed by atoms with Gasteiger partial charge in [0, 0.05) is 31.2 Å². The van der Waals surface area contributed by atoms with Crippen LogP contribution in [0.15, 0.2) is 23.1 Å². The third kappa shape index (κ3) is 4.47. The quantitative estimate of drug-likeness (QED) is 0.790. The number of amides is 1. The molecule has 0 radical (unpaired) electrons. The molecule has 24 heavy (non-hydrogen) atoms. The van der Waals surface area contributed by atoms with Gasteiger partial charge in [0.25, 0.3) is 5.91 Å². The van der Waals surface area contributed by atoms with Crippen LogP contribution in [-0.4, -0.2) is 50.9 Å². The van der Waals surface area contributed by atoms with Crippen molar-refractivity contribution in [2.75, 3.05) is 26.2 Å². The number of nitrogens with one attached hydrogen (secondary N) is 2. The van der Waals surface area contributed by atoms with Gasteiger partial charge >= 0.3 is 0 Å². The van der Waals surface area contributed by atoms with Crippen LogP contribution in [0.25, 0.3) is 0 Å². The molecule has 0 aliphatic carbocycles. The summed E-state index contributed by atoms with van der Waals surface area (Å²) in [6.45, 7) is 7.87. The molecule has 1 amide bonds. The number of aryl methyl sites for hydroxylation is 1. The summed E-state index contributed by atoms with van der Waals surface area (Å²) < 4.78 is 26.6. The van der Waals surface area contributed by atoms with Crippen molar-refractivity contribution in [2.24, 2.45) is 0 Å². The lowest BCUT2D eigenvalue weighted by Crippen LogP contribution is -2.36. The van der Waals surface area contributed by atoms with Gasteiger partial charge in [-0.1, -0.05) is 19.9 Å². The van der Waals surface area contributed by atoms with E-state index in [1.165, 1.54) is 10.4 Å². The molecule has 1 fully saturated rings. The van der Waals surface area contributed by atoms with E-state index in [0.29, 0.717) is 18.7 Å². The van der Waals surface area contributed by atoms with Gasteiger partial charge in [0.1, 0.15) is 0 Å². The lowest BCUT2D eigenvalue weighted by atomic mass is 10.1. The van der Waals surface area contributed by atoms with E-state index in [1.54, 1.807) is 26.0 Å². The molecule has 1 aromatic carbocycles. The topological polar surface area (TPSA) is 78.5 Å². The monoisotopic (exact) mass is 375 g/mol. The third-order valence-electron chi connectivity index (χ3n) is 4.19. The fourth-order valence-electron chi connectivity index (χ4n) is 2.76. The molecule has 0 spiro atoms. The Morgan fingerprint density at radius 1 is 1.33 bits per heavy atom. The fourth-order valence-corrected chi connectivity index (χ4v) is 4.24. The minimum Gasteiger partial charge on any atom is -0.348 e. The molecule has 6 nitrogen and oxygen atoms in total. The largest absolute Gasteiger partial charge is 0.348 e. The first-order chi connectivity index (χ1) is 10.9. The van der Waals surface area contributed by atoms with Crippen LogP contribution >= 0.6 is 12.4 Å². The van der Waals surface area contributed by atoms with Crippen molar-refractivity contribution >= 4 is 28.3 Å². The molecule has 1 aliphatic rings. The molecule has 136 valence electrons. The van der Waals surface area contributed by atoms with Gasteiger partial charge in [-0.05, 0) is 37.6 Å². The highest BCUT2D eigenvalue weighted by Crippen LogP contribution is 2.20. The molecule has 0 saturated carbocycles. The second-order valence-electron chi connectivity index (χ2n) is 5.73. The molecule has 2 rings (SSSR count). The maximum Gasteiger partial charge on any atom is 0.251 e. The van der Waals surface area contributed by atoms with E-state index >= 15 is 0 Å². The smallest absolute Gasteiger partial charge is 0.251 e. The Hall–Kier alpha value is -1.15. The van der Waals surface area contributed by atoms with Gasteiger partial charge in [-0.15, -0.1) is 12.4 Å². The zero-order valence-electron chi connectivity index (χ0n) is 14.3. The molecule has 1 aliphatic heterocycles. The average molecular weight is 376 g/mol. The Morgan fingerprint density at radius 2 is 2.00 bits per heavy atom. The van der Waals surface area contributed by atoms with Crippen LogP contribution in [0.1, 0.15) is 36.2 Å². The highest BCUT2D eigenvalue weighted by Gasteiger charge is 2.24. The van der Waals surface area contributed by atoms with Crippen LogP contribution in [0.2, 0.25) is 0 Å². The molecule has 1 saturated heterocycles. The lowest BCUT2D eigenvalue weighted by molar-refractivity contribution is 0.0939. The molecule has 1 unspecified atom stereocenters. The fraction of sp³-hybridized carbons (Fsp3) is 0.562. The number of benzene rings is 1. The maximum absolute atomic E-state index is 12.6. The van der Waals surface area contributed by atoms with Gasteiger partial charge in [0.2, 0.25) is 10.0 Å². The van der Waals surface area contributed by atoms with E-state index < -0.39 is 10.0 Å².